The zero-order valence-corrected chi connectivity index (χ0v) is 16.3. The Balaban J connectivity index is 1.83. The number of non-ortho nitro benzene ring substituents is 1. The zero-order valence-electron chi connectivity index (χ0n) is 15.6. The lowest BCUT2D eigenvalue weighted by molar-refractivity contribution is -0.384. The molecule has 29 heavy (non-hydrogen) atoms. The average molecular weight is 419 g/mol. The topological polar surface area (TPSA) is 123 Å². The first-order chi connectivity index (χ1) is 13.9. The molecule has 0 saturated carbocycles. The summed E-state index contributed by atoms with van der Waals surface area (Å²) in [6.45, 7) is 2.29. The van der Waals surface area contributed by atoms with Crippen LogP contribution >= 0.6 is 11.6 Å². The van der Waals surface area contributed by atoms with E-state index in [9.17, 15) is 19.7 Å². The number of carbonyl (C=O) groups excluding carboxylic acids is 2. The smallest absolute Gasteiger partial charge is 0.270 e. The van der Waals surface area contributed by atoms with Crippen molar-refractivity contribution in [2.75, 3.05) is 13.2 Å². The van der Waals surface area contributed by atoms with E-state index >= 15 is 0 Å². The number of hydrazone groups is 1. The van der Waals surface area contributed by atoms with Gasteiger partial charge in [-0.15, -0.1) is 0 Å². The Kier molecular flexibility index (Phi) is 8.11. The zero-order chi connectivity index (χ0) is 21.2. The summed E-state index contributed by atoms with van der Waals surface area (Å²) in [5.41, 5.74) is 2.72. The minimum atomic E-state index is -0.570. The molecule has 0 unspecified atom stereocenters. The fourth-order valence-electron chi connectivity index (χ4n) is 2.14. The first-order valence-corrected chi connectivity index (χ1v) is 9.05. The predicted molar refractivity (Wildman–Crippen MR) is 108 cm³/mol. The number of ether oxygens (including phenoxy) is 1. The number of hydrogen-bond donors (Lipinski definition) is 2. The number of halogens is 1. The lowest BCUT2D eigenvalue weighted by Crippen LogP contribution is -2.34. The van der Waals surface area contributed by atoms with E-state index in [0.717, 1.165) is 6.42 Å². The summed E-state index contributed by atoms with van der Waals surface area (Å²) < 4.78 is 5.44. The number of hydrogen-bond acceptors (Lipinski definition) is 6. The number of nitro groups is 1. The molecule has 0 heterocycles. The van der Waals surface area contributed by atoms with Crippen molar-refractivity contribution in [1.29, 1.82) is 0 Å². The summed E-state index contributed by atoms with van der Waals surface area (Å²) in [6, 6.07) is 10.4. The quantitative estimate of drug-likeness (QED) is 0.368. The standard InChI is InChI=1S/C19H19ClN4O5/c1-2-9-29-16-6-3-13(4-7-16)19(26)21-12-18(25)23-22-11-14-10-15(24(27)28)5-8-17(14)20/h3-8,10-11H,2,9,12H2,1H3,(H,21,26)(H,23,25)/b22-11-. The Hall–Kier alpha value is -3.46. The number of nitrogens with one attached hydrogen (secondary N) is 2. The number of carbonyl (C=O) groups is 2. The average Bonchev–Trinajstić information content (AvgIpc) is 2.72. The van der Waals surface area contributed by atoms with Crippen LogP contribution in [0.3, 0.4) is 0 Å². The molecule has 0 saturated heterocycles. The van der Waals surface area contributed by atoms with E-state index in [-0.39, 0.29) is 22.8 Å². The maximum Gasteiger partial charge on any atom is 0.270 e. The van der Waals surface area contributed by atoms with Crippen LogP contribution in [0.5, 0.6) is 5.75 Å². The maximum absolute atomic E-state index is 12.1. The van der Waals surface area contributed by atoms with E-state index in [1.165, 1.54) is 24.4 Å². The minimum Gasteiger partial charge on any atom is -0.494 e. The van der Waals surface area contributed by atoms with Gasteiger partial charge in [-0.1, -0.05) is 18.5 Å². The Bertz CT molecular complexity index is 915. The molecule has 10 heteroatoms. The van der Waals surface area contributed by atoms with Crippen molar-refractivity contribution in [3.63, 3.8) is 0 Å². The summed E-state index contributed by atoms with van der Waals surface area (Å²) in [5.74, 6) is -0.331. The molecule has 0 fully saturated rings. The van der Waals surface area contributed by atoms with Gasteiger partial charge < -0.3 is 10.1 Å². The highest BCUT2D eigenvalue weighted by Gasteiger charge is 2.10. The second-order valence-corrected chi connectivity index (χ2v) is 6.22. The van der Waals surface area contributed by atoms with Crippen LogP contribution in [0.1, 0.15) is 29.3 Å². The van der Waals surface area contributed by atoms with Crippen molar-refractivity contribution in [3.05, 3.63) is 68.7 Å². The summed E-state index contributed by atoms with van der Waals surface area (Å²) in [7, 11) is 0. The molecule has 0 radical (unpaired) electrons. The Morgan fingerprint density at radius 1 is 1.24 bits per heavy atom. The van der Waals surface area contributed by atoms with Crippen LogP contribution in [0.15, 0.2) is 47.6 Å². The SMILES string of the molecule is CCCOc1ccc(C(=O)NCC(=O)N/N=C\c2cc([N+](=O)[O-])ccc2Cl)cc1. The highest BCUT2D eigenvalue weighted by atomic mass is 35.5. The van der Waals surface area contributed by atoms with Crippen LogP contribution in [0.2, 0.25) is 5.02 Å². The molecular weight excluding hydrogens is 400 g/mol. The molecule has 0 atom stereocenters. The van der Waals surface area contributed by atoms with Crippen molar-refractivity contribution in [1.82, 2.24) is 10.7 Å². The summed E-state index contributed by atoms with van der Waals surface area (Å²) in [6.07, 6.45) is 2.07. The van der Waals surface area contributed by atoms with Crippen molar-refractivity contribution in [2.24, 2.45) is 5.10 Å². The molecule has 0 aliphatic rings. The van der Waals surface area contributed by atoms with E-state index in [4.69, 9.17) is 16.3 Å². The Morgan fingerprint density at radius 3 is 2.62 bits per heavy atom. The molecule has 152 valence electrons. The molecule has 9 nitrogen and oxygen atoms in total. The van der Waals surface area contributed by atoms with E-state index in [0.29, 0.717) is 17.9 Å². The van der Waals surface area contributed by atoms with Crippen LogP contribution in [-0.4, -0.2) is 36.1 Å². The first-order valence-electron chi connectivity index (χ1n) is 8.67. The molecule has 0 bridgehead atoms. The van der Waals surface area contributed by atoms with Gasteiger partial charge in [0, 0.05) is 28.3 Å². The van der Waals surface area contributed by atoms with E-state index in [2.05, 4.69) is 15.8 Å². The third-order valence-electron chi connectivity index (χ3n) is 3.58. The minimum absolute atomic E-state index is 0.152. The third kappa shape index (κ3) is 6.89. The predicted octanol–water partition coefficient (Wildman–Crippen LogP) is 2.92. The van der Waals surface area contributed by atoms with Gasteiger partial charge in [0.25, 0.3) is 17.5 Å². The summed E-state index contributed by atoms with van der Waals surface area (Å²) in [4.78, 5) is 34.1. The van der Waals surface area contributed by atoms with Gasteiger partial charge in [-0.05, 0) is 36.8 Å². The number of nitro benzene ring substituents is 1. The van der Waals surface area contributed by atoms with Crippen LogP contribution in [0.25, 0.3) is 0 Å². The Labute approximate surface area is 171 Å². The monoisotopic (exact) mass is 418 g/mol. The van der Waals surface area contributed by atoms with Crippen LogP contribution in [-0.2, 0) is 4.79 Å². The number of nitrogens with zero attached hydrogens (tertiary/aromatic N) is 2. The molecule has 2 rings (SSSR count). The number of amides is 2. The van der Waals surface area contributed by atoms with Crippen molar-refractivity contribution < 1.29 is 19.2 Å². The highest BCUT2D eigenvalue weighted by molar-refractivity contribution is 6.33. The molecule has 2 N–H and O–H groups in total. The molecular formula is C19H19ClN4O5. The molecule has 2 aromatic carbocycles. The molecule has 2 aromatic rings. The second-order valence-electron chi connectivity index (χ2n) is 5.81. The molecule has 0 aliphatic carbocycles. The lowest BCUT2D eigenvalue weighted by Gasteiger charge is -2.07. The van der Waals surface area contributed by atoms with Crippen LogP contribution < -0.4 is 15.5 Å². The number of benzene rings is 2. The van der Waals surface area contributed by atoms with Crippen molar-refractivity contribution >= 4 is 35.3 Å². The van der Waals surface area contributed by atoms with Gasteiger partial charge in [-0.25, -0.2) is 5.43 Å². The fourth-order valence-corrected chi connectivity index (χ4v) is 2.31. The van der Waals surface area contributed by atoms with Crippen molar-refractivity contribution in [2.45, 2.75) is 13.3 Å². The summed E-state index contributed by atoms with van der Waals surface area (Å²) in [5, 5.41) is 17.2. The Morgan fingerprint density at radius 2 is 1.97 bits per heavy atom. The van der Waals surface area contributed by atoms with Crippen LogP contribution in [0.4, 0.5) is 5.69 Å². The molecule has 2 amide bonds. The molecule has 0 spiro atoms. The van der Waals surface area contributed by atoms with Gasteiger partial charge >= 0.3 is 0 Å². The maximum atomic E-state index is 12.1. The summed E-state index contributed by atoms with van der Waals surface area (Å²) >= 11 is 5.93. The van der Waals surface area contributed by atoms with E-state index in [1.807, 2.05) is 6.92 Å². The normalized spacial score (nSPS) is 10.6. The molecule has 0 aromatic heterocycles. The van der Waals surface area contributed by atoms with Crippen molar-refractivity contribution in [3.8, 4) is 5.75 Å². The van der Waals surface area contributed by atoms with Gasteiger partial charge in [0.15, 0.2) is 0 Å². The van der Waals surface area contributed by atoms with E-state index in [1.54, 1.807) is 24.3 Å². The van der Waals surface area contributed by atoms with Gasteiger partial charge in [-0.2, -0.15) is 5.10 Å². The fraction of sp³-hybridized carbons (Fsp3) is 0.211. The van der Waals surface area contributed by atoms with Gasteiger partial charge in [0.1, 0.15) is 5.75 Å². The first kappa shape index (κ1) is 21.8. The lowest BCUT2D eigenvalue weighted by atomic mass is 10.2. The third-order valence-corrected chi connectivity index (χ3v) is 3.93. The second kappa shape index (κ2) is 10.8. The van der Waals surface area contributed by atoms with E-state index < -0.39 is 16.7 Å². The largest absolute Gasteiger partial charge is 0.494 e. The highest BCUT2D eigenvalue weighted by Crippen LogP contribution is 2.20. The van der Waals surface area contributed by atoms with Gasteiger partial charge in [0.05, 0.1) is 24.3 Å². The van der Waals surface area contributed by atoms with Gasteiger partial charge in [-0.3, -0.25) is 19.7 Å². The molecule has 0 aliphatic heterocycles. The van der Waals surface area contributed by atoms with Gasteiger partial charge in [0.2, 0.25) is 0 Å². The van der Waals surface area contributed by atoms with Crippen LogP contribution in [0, 0.1) is 10.1 Å². The number of rotatable bonds is 9.